The van der Waals surface area contributed by atoms with Crippen molar-refractivity contribution in [2.75, 3.05) is 26.2 Å². The van der Waals surface area contributed by atoms with Crippen molar-refractivity contribution in [2.45, 2.75) is 48.4 Å². The molecule has 0 aromatic heterocycles. The number of carbonyl (C=O) groups is 3. The molecule has 0 spiro atoms. The summed E-state index contributed by atoms with van der Waals surface area (Å²) in [5.74, 6) is 0.715. The minimum atomic E-state index is -0.655. The normalized spacial score (nSPS) is 15.3. The smallest absolute Gasteiger partial charge is 0.245 e. The third-order valence-electron chi connectivity index (χ3n) is 7.18. The van der Waals surface area contributed by atoms with E-state index in [0.717, 1.165) is 27.5 Å². The van der Waals surface area contributed by atoms with Crippen LogP contribution in [0.2, 0.25) is 0 Å². The molecule has 206 valence electrons. The number of benzene rings is 3. The fourth-order valence-corrected chi connectivity index (χ4v) is 6.10. The summed E-state index contributed by atoms with van der Waals surface area (Å²) in [5.41, 5.74) is 3.04. The van der Waals surface area contributed by atoms with Gasteiger partial charge in [0.15, 0.2) is 0 Å². The molecule has 3 aromatic rings. The SMILES string of the molecule is CC(=O)CCCC(=O)NC(Cc1ccccc1)C(=O)N1CCN(C2=Nc3ccccc3Sc3ccccc32)CC1. The van der Waals surface area contributed by atoms with Crippen LogP contribution in [0, 0.1) is 0 Å². The second-order valence-corrected chi connectivity index (χ2v) is 11.3. The quantitative estimate of drug-likeness (QED) is 0.430. The van der Waals surface area contributed by atoms with Crippen molar-refractivity contribution in [1.29, 1.82) is 0 Å². The van der Waals surface area contributed by atoms with Gasteiger partial charge < -0.3 is 19.9 Å². The maximum absolute atomic E-state index is 13.7. The third kappa shape index (κ3) is 6.80. The van der Waals surface area contributed by atoms with Crippen molar-refractivity contribution < 1.29 is 14.4 Å². The van der Waals surface area contributed by atoms with Crippen LogP contribution in [-0.4, -0.2) is 65.5 Å². The van der Waals surface area contributed by atoms with Gasteiger partial charge in [-0.2, -0.15) is 0 Å². The lowest BCUT2D eigenvalue weighted by Crippen LogP contribution is -2.56. The van der Waals surface area contributed by atoms with Gasteiger partial charge in [0, 0.05) is 60.8 Å². The molecule has 40 heavy (non-hydrogen) atoms. The number of amides is 2. The van der Waals surface area contributed by atoms with E-state index < -0.39 is 6.04 Å². The van der Waals surface area contributed by atoms with E-state index in [-0.39, 0.29) is 24.0 Å². The molecule has 1 saturated heterocycles. The molecule has 1 atom stereocenters. The Bertz CT molecular complexity index is 1400. The number of ketones is 1. The van der Waals surface area contributed by atoms with Crippen molar-refractivity contribution in [1.82, 2.24) is 15.1 Å². The maximum atomic E-state index is 13.7. The molecule has 1 unspecified atom stereocenters. The van der Waals surface area contributed by atoms with Crippen molar-refractivity contribution in [3.63, 3.8) is 0 Å². The van der Waals surface area contributed by atoms with Gasteiger partial charge in [-0.3, -0.25) is 9.59 Å². The summed E-state index contributed by atoms with van der Waals surface area (Å²) in [6.45, 7) is 3.91. The Hall–Kier alpha value is -3.91. The molecule has 2 heterocycles. The molecule has 0 saturated carbocycles. The fourth-order valence-electron chi connectivity index (χ4n) is 5.08. The summed E-state index contributed by atoms with van der Waals surface area (Å²) in [5, 5.41) is 2.96. The van der Waals surface area contributed by atoms with Crippen molar-refractivity contribution in [3.05, 3.63) is 90.0 Å². The highest BCUT2D eigenvalue weighted by Gasteiger charge is 2.31. The number of aliphatic imine (C=N–C) groups is 1. The molecule has 1 N–H and O–H groups in total. The van der Waals surface area contributed by atoms with E-state index in [1.165, 1.54) is 11.8 Å². The largest absolute Gasteiger partial charge is 0.353 e. The fraction of sp³-hybridized carbons (Fsp3) is 0.312. The van der Waals surface area contributed by atoms with E-state index in [4.69, 9.17) is 4.99 Å². The van der Waals surface area contributed by atoms with Gasteiger partial charge in [0.2, 0.25) is 11.8 Å². The summed E-state index contributed by atoms with van der Waals surface area (Å²) in [6.07, 6.45) is 1.50. The number of para-hydroxylation sites is 1. The van der Waals surface area contributed by atoms with E-state index in [1.54, 1.807) is 11.8 Å². The van der Waals surface area contributed by atoms with Crippen LogP contribution < -0.4 is 5.32 Å². The first-order chi connectivity index (χ1) is 19.5. The zero-order chi connectivity index (χ0) is 27.9. The van der Waals surface area contributed by atoms with Crippen LogP contribution in [0.15, 0.2) is 93.6 Å². The molecule has 2 amide bonds. The molecule has 2 aliphatic heterocycles. The van der Waals surface area contributed by atoms with Crippen molar-refractivity contribution >= 4 is 40.9 Å². The number of piperazine rings is 1. The number of carbonyl (C=O) groups excluding carboxylic acids is 3. The Labute approximate surface area is 239 Å². The lowest BCUT2D eigenvalue weighted by Gasteiger charge is -2.38. The highest BCUT2D eigenvalue weighted by molar-refractivity contribution is 7.99. The average Bonchev–Trinajstić information content (AvgIpc) is 3.14. The van der Waals surface area contributed by atoms with E-state index in [9.17, 15) is 14.4 Å². The van der Waals surface area contributed by atoms with Gasteiger partial charge in [0.25, 0.3) is 0 Å². The predicted octanol–water partition coefficient (Wildman–Crippen LogP) is 4.86. The topological polar surface area (TPSA) is 82.1 Å². The standard InChI is InChI=1S/C32H34N4O3S/c1-23(37)10-9-17-30(38)33-27(22-24-11-3-2-4-12-24)32(39)36-20-18-35(19-21-36)31-25-13-5-7-15-28(25)40-29-16-8-6-14-26(29)34-31/h2-8,11-16,27H,9-10,17-22H2,1H3,(H,33,38). The van der Waals surface area contributed by atoms with E-state index >= 15 is 0 Å². The Balaban J connectivity index is 1.29. The number of rotatable bonds is 8. The lowest BCUT2D eigenvalue weighted by molar-refractivity contribution is -0.137. The molecule has 3 aromatic carbocycles. The predicted molar refractivity (Wildman–Crippen MR) is 158 cm³/mol. The molecule has 7 nitrogen and oxygen atoms in total. The van der Waals surface area contributed by atoms with Gasteiger partial charge in [-0.1, -0.05) is 72.4 Å². The molecule has 0 aliphatic carbocycles. The molecule has 5 rings (SSSR count). The van der Waals surface area contributed by atoms with Crippen LogP contribution in [-0.2, 0) is 20.8 Å². The number of amidine groups is 1. The summed E-state index contributed by atoms with van der Waals surface area (Å²) < 4.78 is 0. The number of hydrogen-bond donors (Lipinski definition) is 1. The van der Waals surface area contributed by atoms with Crippen molar-refractivity contribution in [2.24, 2.45) is 4.99 Å². The molecule has 2 aliphatic rings. The second kappa shape index (κ2) is 13.0. The summed E-state index contributed by atoms with van der Waals surface area (Å²) in [6, 6.07) is 25.6. The van der Waals surface area contributed by atoms with Crippen LogP contribution in [0.5, 0.6) is 0 Å². The van der Waals surface area contributed by atoms with Gasteiger partial charge in [0.05, 0.1) is 5.69 Å². The second-order valence-electron chi connectivity index (χ2n) is 10.2. The first-order valence-corrected chi connectivity index (χ1v) is 14.6. The van der Waals surface area contributed by atoms with Gasteiger partial charge in [0.1, 0.15) is 17.7 Å². The van der Waals surface area contributed by atoms with Crippen LogP contribution in [0.4, 0.5) is 5.69 Å². The molecule has 8 heteroatoms. The van der Waals surface area contributed by atoms with Crippen molar-refractivity contribution in [3.8, 4) is 0 Å². The van der Waals surface area contributed by atoms with Gasteiger partial charge in [-0.25, -0.2) is 4.99 Å². The van der Waals surface area contributed by atoms with Gasteiger partial charge >= 0.3 is 0 Å². The van der Waals surface area contributed by atoms with Crippen LogP contribution >= 0.6 is 11.8 Å². The molecular formula is C32H34N4O3S. The maximum Gasteiger partial charge on any atom is 0.245 e. The Morgan fingerprint density at radius 1 is 0.850 bits per heavy atom. The number of Topliss-reactive ketones (excluding diaryl/α,β-unsaturated/α-hetero) is 1. The van der Waals surface area contributed by atoms with Crippen LogP contribution in [0.3, 0.4) is 0 Å². The molecule has 1 fully saturated rings. The van der Waals surface area contributed by atoms with Crippen LogP contribution in [0.1, 0.15) is 37.3 Å². The monoisotopic (exact) mass is 554 g/mol. The summed E-state index contributed by atoms with van der Waals surface area (Å²) >= 11 is 1.73. The number of fused-ring (bicyclic) bond motifs is 2. The molecular weight excluding hydrogens is 520 g/mol. The number of hydrogen-bond acceptors (Lipinski definition) is 6. The lowest BCUT2D eigenvalue weighted by atomic mass is 10.0. The third-order valence-corrected chi connectivity index (χ3v) is 8.32. The average molecular weight is 555 g/mol. The minimum absolute atomic E-state index is 0.0607. The van der Waals surface area contributed by atoms with Crippen LogP contribution in [0.25, 0.3) is 0 Å². The van der Waals surface area contributed by atoms with Gasteiger partial charge in [-0.05, 0) is 37.1 Å². The Morgan fingerprint density at radius 3 is 2.27 bits per heavy atom. The minimum Gasteiger partial charge on any atom is -0.353 e. The van der Waals surface area contributed by atoms with Gasteiger partial charge in [-0.15, -0.1) is 0 Å². The zero-order valence-corrected chi connectivity index (χ0v) is 23.5. The molecule has 0 bridgehead atoms. The summed E-state index contributed by atoms with van der Waals surface area (Å²) in [7, 11) is 0. The number of nitrogens with one attached hydrogen (secondary N) is 1. The Kier molecular flexibility index (Phi) is 8.96. The first-order valence-electron chi connectivity index (χ1n) is 13.8. The zero-order valence-electron chi connectivity index (χ0n) is 22.7. The van der Waals surface area contributed by atoms with E-state index in [2.05, 4.69) is 34.5 Å². The Morgan fingerprint density at radius 2 is 1.52 bits per heavy atom. The first kappa shape index (κ1) is 27.6. The highest BCUT2D eigenvalue weighted by Crippen LogP contribution is 2.40. The number of nitrogens with zero attached hydrogens (tertiary/aromatic N) is 3. The van der Waals surface area contributed by atoms with E-state index in [0.29, 0.717) is 45.4 Å². The highest BCUT2D eigenvalue weighted by atomic mass is 32.2. The van der Waals surface area contributed by atoms with E-state index in [1.807, 2.05) is 59.5 Å². The molecule has 0 radical (unpaired) electrons. The summed E-state index contributed by atoms with van der Waals surface area (Å²) in [4.78, 5) is 49.2.